The zero-order valence-corrected chi connectivity index (χ0v) is 12.4. The molecule has 1 amide bonds. The number of thioether (sulfide) groups is 1. The van der Waals surface area contributed by atoms with E-state index in [0.29, 0.717) is 12.2 Å². The van der Waals surface area contributed by atoms with Crippen molar-refractivity contribution in [1.82, 2.24) is 5.32 Å². The highest BCUT2D eigenvalue weighted by Crippen LogP contribution is 2.23. The first kappa shape index (κ1) is 16.4. The summed E-state index contributed by atoms with van der Waals surface area (Å²) in [5.41, 5.74) is 1.08. The molecule has 0 aliphatic carbocycles. The Bertz CT molecular complexity index is 464. The zero-order chi connectivity index (χ0) is 15.0. The third-order valence-electron chi connectivity index (χ3n) is 2.68. The average molecular weight is 297 g/mol. The van der Waals surface area contributed by atoms with Crippen LogP contribution in [0.1, 0.15) is 18.9 Å². The fourth-order valence-corrected chi connectivity index (χ4v) is 2.71. The molecule has 1 unspecified atom stereocenters. The Balaban J connectivity index is 2.40. The number of aliphatic carboxylic acids is 1. The highest BCUT2D eigenvalue weighted by Gasteiger charge is 2.17. The van der Waals surface area contributed by atoms with Crippen LogP contribution in [0.3, 0.4) is 0 Å². The van der Waals surface area contributed by atoms with Gasteiger partial charge in [0, 0.05) is 18.2 Å². The Morgan fingerprint density at radius 1 is 1.40 bits per heavy atom. The lowest BCUT2D eigenvalue weighted by atomic mass is 10.2. The summed E-state index contributed by atoms with van der Waals surface area (Å²) in [4.78, 5) is 21.9. The first-order valence-corrected chi connectivity index (χ1v) is 7.39. The Morgan fingerprint density at radius 3 is 2.70 bits per heavy atom. The summed E-state index contributed by atoms with van der Waals surface area (Å²) in [6.07, 6.45) is 0.398. The Hall–Kier alpha value is -1.69. The van der Waals surface area contributed by atoms with Gasteiger partial charge >= 0.3 is 5.97 Å². The first-order valence-electron chi connectivity index (χ1n) is 6.24. The number of para-hydroxylation sites is 1. The molecule has 1 rings (SSSR count). The number of amides is 1. The van der Waals surface area contributed by atoms with E-state index >= 15 is 0 Å². The van der Waals surface area contributed by atoms with Gasteiger partial charge < -0.3 is 15.2 Å². The number of carboxylic acids is 1. The van der Waals surface area contributed by atoms with E-state index in [2.05, 4.69) is 5.32 Å². The second-order valence-corrected chi connectivity index (χ2v) is 5.35. The SMILES string of the molecule is COc1ccccc1CSCCC(NC(C)=O)C(=O)O. The summed E-state index contributed by atoms with van der Waals surface area (Å²) in [5, 5.41) is 11.4. The smallest absolute Gasteiger partial charge is 0.326 e. The van der Waals surface area contributed by atoms with Crippen molar-refractivity contribution in [1.29, 1.82) is 0 Å². The van der Waals surface area contributed by atoms with Gasteiger partial charge in [-0.1, -0.05) is 18.2 Å². The Labute approximate surface area is 122 Å². The Kier molecular flexibility index (Phi) is 6.93. The van der Waals surface area contributed by atoms with Gasteiger partial charge in [0.25, 0.3) is 0 Å². The van der Waals surface area contributed by atoms with Crippen molar-refractivity contribution in [2.45, 2.75) is 25.1 Å². The third kappa shape index (κ3) is 5.52. The maximum Gasteiger partial charge on any atom is 0.326 e. The highest BCUT2D eigenvalue weighted by molar-refractivity contribution is 7.98. The molecule has 110 valence electrons. The molecule has 0 heterocycles. The van der Waals surface area contributed by atoms with Crippen molar-refractivity contribution < 1.29 is 19.4 Å². The minimum absolute atomic E-state index is 0.327. The van der Waals surface area contributed by atoms with Crippen molar-refractivity contribution in [2.75, 3.05) is 12.9 Å². The van der Waals surface area contributed by atoms with E-state index in [4.69, 9.17) is 9.84 Å². The lowest BCUT2D eigenvalue weighted by molar-refractivity contribution is -0.141. The number of rotatable bonds is 8. The van der Waals surface area contributed by atoms with Crippen LogP contribution in [0.25, 0.3) is 0 Å². The van der Waals surface area contributed by atoms with E-state index in [0.717, 1.165) is 17.1 Å². The molecule has 1 aromatic carbocycles. The van der Waals surface area contributed by atoms with Gasteiger partial charge in [0.2, 0.25) is 5.91 Å². The lowest BCUT2D eigenvalue weighted by Gasteiger charge is -2.13. The quantitative estimate of drug-likeness (QED) is 0.717. The Morgan fingerprint density at radius 2 is 2.10 bits per heavy atom. The normalized spacial score (nSPS) is 11.7. The van der Waals surface area contributed by atoms with Crippen LogP contribution < -0.4 is 10.1 Å². The van der Waals surface area contributed by atoms with Crippen LogP contribution in [0.4, 0.5) is 0 Å². The van der Waals surface area contributed by atoms with Crippen LogP contribution in [-0.4, -0.2) is 35.9 Å². The predicted octanol–water partition coefficient (Wildman–Crippen LogP) is 1.91. The molecule has 5 nitrogen and oxygen atoms in total. The molecule has 20 heavy (non-hydrogen) atoms. The van der Waals surface area contributed by atoms with Gasteiger partial charge in [0.1, 0.15) is 11.8 Å². The summed E-state index contributed by atoms with van der Waals surface area (Å²) in [7, 11) is 1.63. The van der Waals surface area contributed by atoms with Crippen LogP contribution >= 0.6 is 11.8 Å². The van der Waals surface area contributed by atoms with E-state index in [1.165, 1.54) is 6.92 Å². The van der Waals surface area contributed by atoms with Gasteiger partial charge in [-0.05, 0) is 18.2 Å². The number of ether oxygens (including phenoxy) is 1. The van der Waals surface area contributed by atoms with Crippen molar-refractivity contribution in [3.05, 3.63) is 29.8 Å². The molecule has 0 spiro atoms. The van der Waals surface area contributed by atoms with Crippen molar-refractivity contribution in [3.8, 4) is 5.75 Å². The molecule has 0 aliphatic heterocycles. The van der Waals surface area contributed by atoms with Crippen LogP contribution in [0.15, 0.2) is 24.3 Å². The van der Waals surface area contributed by atoms with Gasteiger partial charge in [0.15, 0.2) is 0 Å². The molecule has 0 aliphatic rings. The van der Waals surface area contributed by atoms with E-state index < -0.39 is 12.0 Å². The fourth-order valence-electron chi connectivity index (χ4n) is 1.71. The molecule has 0 aromatic heterocycles. The molecule has 0 saturated heterocycles. The second-order valence-electron chi connectivity index (χ2n) is 4.24. The van der Waals surface area contributed by atoms with E-state index in [9.17, 15) is 9.59 Å². The largest absolute Gasteiger partial charge is 0.496 e. The van der Waals surface area contributed by atoms with Gasteiger partial charge in [-0.15, -0.1) is 0 Å². The molecule has 0 saturated carbocycles. The molecule has 6 heteroatoms. The van der Waals surface area contributed by atoms with Gasteiger partial charge in [-0.25, -0.2) is 4.79 Å². The number of carbonyl (C=O) groups excluding carboxylic acids is 1. The number of carboxylic acid groups (broad SMARTS) is 1. The minimum Gasteiger partial charge on any atom is -0.496 e. The molecule has 1 aromatic rings. The van der Waals surface area contributed by atoms with E-state index in [1.807, 2.05) is 24.3 Å². The number of benzene rings is 1. The molecule has 0 fully saturated rings. The number of carbonyl (C=O) groups is 2. The number of hydrogen-bond donors (Lipinski definition) is 2. The average Bonchev–Trinajstić information content (AvgIpc) is 2.42. The van der Waals surface area contributed by atoms with Crippen LogP contribution in [-0.2, 0) is 15.3 Å². The van der Waals surface area contributed by atoms with Gasteiger partial charge in [-0.2, -0.15) is 11.8 Å². The van der Waals surface area contributed by atoms with Gasteiger partial charge in [-0.3, -0.25) is 4.79 Å². The third-order valence-corrected chi connectivity index (χ3v) is 3.72. The standard InChI is InChI=1S/C14H19NO4S/c1-10(16)15-12(14(17)18)7-8-20-9-11-5-3-4-6-13(11)19-2/h3-6,12H,7-9H2,1-2H3,(H,15,16)(H,17,18). The summed E-state index contributed by atoms with van der Waals surface area (Å²) >= 11 is 1.61. The predicted molar refractivity (Wildman–Crippen MR) is 79.0 cm³/mol. The summed E-state index contributed by atoms with van der Waals surface area (Å²) in [6, 6.07) is 6.90. The van der Waals surface area contributed by atoms with E-state index in [1.54, 1.807) is 18.9 Å². The molecule has 0 bridgehead atoms. The topological polar surface area (TPSA) is 75.6 Å². The first-order chi connectivity index (χ1) is 9.54. The summed E-state index contributed by atoms with van der Waals surface area (Å²) in [5.74, 6) is 0.896. The lowest BCUT2D eigenvalue weighted by Crippen LogP contribution is -2.39. The molecular weight excluding hydrogens is 278 g/mol. The van der Waals surface area contributed by atoms with Crippen molar-refractivity contribution in [3.63, 3.8) is 0 Å². The monoisotopic (exact) mass is 297 g/mol. The fraction of sp³-hybridized carbons (Fsp3) is 0.429. The van der Waals surface area contributed by atoms with Gasteiger partial charge in [0.05, 0.1) is 7.11 Å². The number of nitrogens with one attached hydrogen (secondary N) is 1. The number of methoxy groups -OCH3 is 1. The van der Waals surface area contributed by atoms with Crippen LogP contribution in [0.5, 0.6) is 5.75 Å². The maximum absolute atomic E-state index is 11.0. The van der Waals surface area contributed by atoms with Crippen molar-refractivity contribution >= 4 is 23.6 Å². The zero-order valence-electron chi connectivity index (χ0n) is 11.6. The highest BCUT2D eigenvalue weighted by atomic mass is 32.2. The summed E-state index contributed by atoms with van der Waals surface area (Å²) < 4.78 is 5.25. The molecular formula is C14H19NO4S. The molecule has 2 N–H and O–H groups in total. The molecule has 1 atom stereocenters. The second kappa shape index (κ2) is 8.47. The number of hydrogen-bond acceptors (Lipinski definition) is 4. The summed E-state index contributed by atoms with van der Waals surface area (Å²) in [6.45, 7) is 1.32. The van der Waals surface area contributed by atoms with Crippen molar-refractivity contribution in [2.24, 2.45) is 0 Å². The van der Waals surface area contributed by atoms with Crippen LogP contribution in [0, 0.1) is 0 Å². The minimum atomic E-state index is -1.00. The molecule has 0 radical (unpaired) electrons. The maximum atomic E-state index is 11.0. The van der Waals surface area contributed by atoms with E-state index in [-0.39, 0.29) is 5.91 Å². The van der Waals surface area contributed by atoms with Crippen LogP contribution in [0.2, 0.25) is 0 Å².